The first kappa shape index (κ1) is 16.7. The number of nitrogens with zero attached hydrogens (tertiary/aromatic N) is 1. The second kappa shape index (κ2) is 8.72. The summed E-state index contributed by atoms with van der Waals surface area (Å²) in [5, 5.41) is 3.18. The number of ether oxygens (including phenoxy) is 1. The van der Waals surface area contributed by atoms with Crippen LogP contribution in [0.25, 0.3) is 0 Å². The van der Waals surface area contributed by atoms with Gasteiger partial charge in [0.2, 0.25) is 0 Å². The fourth-order valence-electron chi connectivity index (χ4n) is 2.30. The summed E-state index contributed by atoms with van der Waals surface area (Å²) in [6, 6.07) is 0. The minimum Gasteiger partial charge on any atom is -0.369 e. The van der Waals surface area contributed by atoms with Gasteiger partial charge < -0.3 is 15.0 Å². The number of piperidine rings is 1. The van der Waals surface area contributed by atoms with Crippen molar-refractivity contribution in [2.45, 2.75) is 32.8 Å². The van der Waals surface area contributed by atoms with Crippen molar-refractivity contribution in [1.29, 1.82) is 0 Å². The van der Waals surface area contributed by atoms with Crippen LogP contribution in [0.5, 0.6) is 0 Å². The zero-order valence-corrected chi connectivity index (χ0v) is 11.9. The van der Waals surface area contributed by atoms with Gasteiger partial charge in [0.05, 0.1) is 0 Å². The van der Waals surface area contributed by atoms with Gasteiger partial charge in [-0.3, -0.25) is 4.79 Å². The summed E-state index contributed by atoms with van der Waals surface area (Å²) >= 11 is 0. The second-order valence-corrected chi connectivity index (χ2v) is 4.45. The standard InChI is InChI=1S/C12H24N2O2.ClH/c1-4-16-10(2)12(15)14-7-5-6-11(9-14)8-13-3;/h10-11,13H,4-9H2,1-3H3;1H. The van der Waals surface area contributed by atoms with Crippen LogP contribution in [0.15, 0.2) is 0 Å². The maximum absolute atomic E-state index is 12.0. The van der Waals surface area contributed by atoms with Crippen LogP contribution in [0, 0.1) is 5.92 Å². The van der Waals surface area contributed by atoms with Crippen molar-refractivity contribution in [3.63, 3.8) is 0 Å². The van der Waals surface area contributed by atoms with Crippen LogP contribution in [0.3, 0.4) is 0 Å². The SMILES string of the molecule is CCOC(C)C(=O)N1CCCC(CNC)C1.Cl. The van der Waals surface area contributed by atoms with E-state index in [1.54, 1.807) is 0 Å². The normalized spacial score (nSPS) is 21.8. The van der Waals surface area contributed by atoms with E-state index in [2.05, 4.69) is 5.32 Å². The molecule has 1 aliphatic heterocycles. The third-order valence-corrected chi connectivity index (χ3v) is 3.09. The number of likely N-dealkylation sites (tertiary alicyclic amines) is 1. The molecule has 0 aromatic rings. The van der Waals surface area contributed by atoms with E-state index in [0.29, 0.717) is 12.5 Å². The molecule has 0 aromatic carbocycles. The van der Waals surface area contributed by atoms with Crippen molar-refractivity contribution in [2.75, 3.05) is 33.3 Å². The minimum absolute atomic E-state index is 0. The number of rotatable bonds is 5. The van der Waals surface area contributed by atoms with E-state index in [9.17, 15) is 4.79 Å². The monoisotopic (exact) mass is 264 g/mol. The molecule has 0 saturated carbocycles. The van der Waals surface area contributed by atoms with Crippen molar-refractivity contribution in [2.24, 2.45) is 5.92 Å². The average Bonchev–Trinajstić information content (AvgIpc) is 2.29. The Morgan fingerprint density at radius 1 is 1.59 bits per heavy atom. The summed E-state index contributed by atoms with van der Waals surface area (Å²) in [5.74, 6) is 0.735. The van der Waals surface area contributed by atoms with Crippen LogP contribution in [0.4, 0.5) is 0 Å². The summed E-state index contributed by atoms with van der Waals surface area (Å²) in [6.45, 7) is 7.11. The lowest BCUT2D eigenvalue weighted by Gasteiger charge is -2.34. The number of carbonyl (C=O) groups excluding carboxylic acids is 1. The maximum Gasteiger partial charge on any atom is 0.251 e. The van der Waals surface area contributed by atoms with Crippen molar-refractivity contribution >= 4 is 18.3 Å². The summed E-state index contributed by atoms with van der Waals surface area (Å²) in [6.07, 6.45) is 2.03. The van der Waals surface area contributed by atoms with E-state index in [-0.39, 0.29) is 24.4 Å². The highest BCUT2D eigenvalue weighted by molar-refractivity contribution is 5.85. The predicted octanol–water partition coefficient (Wildman–Crippen LogP) is 1.29. The van der Waals surface area contributed by atoms with Gasteiger partial charge in [0.25, 0.3) is 5.91 Å². The zero-order chi connectivity index (χ0) is 12.0. The van der Waals surface area contributed by atoms with Crippen LogP contribution in [0.1, 0.15) is 26.7 Å². The topological polar surface area (TPSA) is 41.6 Å². The molecule has 102 valence electrons. The number of amides is 1. The first-order valence-electron chi connectivity index (χ1n) is 6.24. The molecule has 1 rings (SSSR count). The van der Waals surface area contributed by atoms with Gasteiger partial charge in [-0.25, -0.2) is 0 Å². The molecule has 0 spiro atoms. The molecule has 0 radical (unpaired) electrons. The molecule has 1 N–H and O–H groups in total. The third-order valence-electron chi connectivity index (χ3n) is 3.09. The number of hydrogen-bond donors (Lipinski definition) is 1. The van der Waals surface area contributed by atoms with Crippen LogP contribution < -0.4 is 5.32 Å². The van der Waals surface area contributed by atoms with Gasteiger partial charge in [0.15, 0.2) is 0 Å². The predicted molar refractivity (Wildman–Crippen MR) is 71.6 cm³/mol. The molecule has 0 aromatic heterocycles. The van der Waals surface area contributed by atoms with E-state index in [1.165, 1.54) is 6.42 Å². The highest BCUT2D eigenvalue weighted by Crippen LogP contribution is 2.16. The van der Waals surface area contributed by atoms with Crippen LogP contribution in [-0.2, 0) is 9.53 Å². The third kappa shape index (κ3) is 5.23. The smallest absolute Gasteiger partial charge is 0.251 e. The fourth-order valence-corrected chi connectivity index (χ4v) is 2.30. The zero-order valence-electron chi connectivity index (χ0n) is 11.1. The van der Waals surface area contributed by atoms with Crippen LogP contribution in [0.2, 0.25) is 0 Å². The van der Waals surface area contributed by atoms with Gasteiger partial charge in [-0.2, -0.15) is 0 Å². The molecule has 2 atom stereocenters. The molecule has 5 heteroatoms. The molecule has 1 saturated heterocycles. The number of halogens is 1. The molecule has 1 aliphatic rings. The Morgan fingerprint density at radius 3 is 2.88 bits per heavy atom. The van der Waals surface area contributed by atoms with Gasteiger partial charge >= 0.3 is 0 Å². The van der Waals surface area contributed by atoms with E-state index in [4.69, 9.17) is 4.74 Å². The van der Waals surface area contributed by atoms with E-state index in [0.717, 1.165) is 26.1 Å². The van der Waals surface area contributed by atoms with Crippen molar-refractivity contribution in [3.8, 4) is 0 Å². The Labute approximate surface area is 110 Å². The van der Waals surface area contributed by atoms with Crippen molar-refractivity contribution < 1.29 is 9.53 Å². The van der Waals surface area contributed by atoms with Crippen LogP contribution in [-0.4, -0.2) is 50.2 Å². The summed E-state index contributed by atoms with van der Waals surface area (Å²) < 4.78 is 5.35. The van der Waals surface area contributed by atoms with E-state index in [1.807, 2.05) is 25.8 Å². The van der Waals surface area contributed by atoms with Gasteiger partial charge in [0, 0.05) is 19.7 Å². The summed E-state index contributed by atoms with van der Waals surface area (Å²) in [4.78, 5) is 14.0. The largest absolute Gasteiger partial charge is 0.369 e. The Morgan fingerprint density at radius 2 is 2.29 bits per heavy atom. The molecule has 17 heavy (non-hydrogen) atoms. The lowest BCUT2D eigenvalue weighted by Crippen LogP contribution is -2.46. The summed E-state index contributed by atoms with van der Waals surface area (Å²) in [5.41, 5.74) is 0. The van der Waals surface area contributed by atoms with Crippen molar-refractivity contribution in [3.05, 3.63) is 0 Å². The Bertz CT molecular complexity index is 225. The Balaban J connectivity index is 0.00000256. The fraction of sp³-hybridized carbons (Fsp3) is 0.917. The van der Waals surface area contributed by atoms with Crippen LogP contribution >= 0.6 is 12.4 Å². The first-order chi connectivity index (χ1) is 7.69. The first-order valence-corrected chi connectivity index (χ1v) is 6.24. The summed E-state index contributed by atoms with van der Waals surface area (Å²) in [7, 11) is 1.96. The average molecular weight is 265 g/mol. The second-order valence-electron chi connectivity index (χ2n) is 4.45. The van der Waals surface area contributed by atoms with Gasteiger partial charge in [-0.1, -0.05) is 0 Å². The lowest BCUT2D eigenvalue weighted by atomic mass is 9.97. The lowest BCUT2D eigenvalue weighted by molar-refractivity contribution is -0.144. The highest BCUT2D eigenvalue weighted by atomic mass is 35.5. The quantitative estimate of drug-likeness (QED) is 0.814. The van der Waals surface area contributed by atoms with Gasteiger partial charge in [0.1, 0.15) is 6.10 Å². The molecule has 0 aliphatic carbocycles. The number of carbonyl (C=O) groups is 1. The molecule has 4 nitrogen and oxygen atoms in total. The Hall–Kier alpha value is -0.320. The van der Waals surface area contributed by atoms with Gasteiger partial charge in [-0.05, 0) is 46.2 Å². The highest BCUT2D eigenvalue weighted by Gasteiger charge is 2.26. The van der Waals surface area contributed by atoms with E-state index >= 15 is 0 Å². The molecule has 1 amide bonds. The van der Waals surface area contributed by atoms with E-state index < -0.39 is 0 Å². The molecule has 1 heterocycles. The molecular formula is C12H25ClN2O2. The Kier molecular flexibility index (Phi) is 8.56. The van der Waals surface area contributed by atoms with Crippen molar-refractivity contribution in [1.82, 2.24) is 10.2 Å². The number of hydrogen-bond acceptors (Lipinski definition) is 3. The molecule has 1 fully saturated rings. The molecule has 2 unspecified atom stereocenters. The minimum atomic E-state index is -0.293. The molecular weight excluding hydrogens is 240 g/mol. The maximum atomic E-state index is 12.0. The molecule has 0 bridgehead atoms. The number of nitrogens with one attached hydrogen (secondary N) is 1. The van der Waals surface area contributed by atoms with Gasteiger partial charge in [-0.15, -0.1) is 12.4 Å².